The number of nitrogens with one attached hydrogen (secondary N) is 1. The standard InChI is InChI=1S/C20H19BrClN3O2/c1-12-16(13(2)25(24-12)15-7-5-4-6-8-15)11-19(26)23-18-10-14(22)9-17(21)20(18)27-3/h4-10H,11H2,1-3H3,(H,23,26). The highest BCUT2D eigenvalue weighted by molar-refractivity contribution is 9.10. The van der Waals surface area contributed by atoms with Crippen molar-refractivity contribution in [3.8, 4) is 11.4 Å². The van der Waals surface area contributed by atoms with Crippen molar-refractivity contribution in [3.63, 3.8) is 0 Å². The normalized spacial score (nSPS) is 10.7. The van der Waals surface area contributed by atoms with Crippen LogP contribution in [0.5, 0.6) is 5.75 Å². The molecule has 0 atom stereocenters. The first-order valence-electron chi connectivity index (χ1n) is 8.34. The Balaban J connectivity index is 1.85. The van der Waals surface area contributed by atoms with Gasteiger partial charge in [-0.1, -0.05) is 29.8 Å². The average molecular weight is 449 g/mol. The number of nitrogens with zero attached hydrogens (tertiary/aromatic N) is 2. The van der Waals surface area contributed by atoms with E-state index in [1.54, 1.807) is 19.2 Å². The summed E-state index contributed by atoms with van der Waals surface area (Å²) in [7, 11) is 1.54. The third kappa shape index (κ3) is 4.17. The van der Waals surface area contributed by atoms with Crippen molar-refractivity contribution in [1.82, 2.24) is 9.78 Å². The average Bonchev–Trinajstić information content (AvgIpc) is 2.90. The Morgan fingerprint density at radius 3 is 2.63 bits per heavy atom. The first kappa shape index (κ1) is 19.5. The Kier molecular flexibility index (Phi) is 5.87. The molecular weight excluding hydrogens is 430 g/mol. The Morgan fingerprint density at radius 2 is 1.96 bits per heavy atom. The lowest BCUT2D eigenvalue weighted by Crippen LogP contribution is -2.16. The molecule has 1 amide bonds. The van der Waals surface area contributed by atoms with E-state index in [1.807, 2.05) is 48.9 Å². The zero-order chi connectivity index (χ0) is 19.6. The van der Waals surface area contributed by atoms with Gasteiger partial charge in [0.15, 0.2) is 5.75 Å². The molecule has 0 fully saturated rings. The highest BCUT2D eigenvalue weighted by atomic mass is 79.9. The van der Waals surface area contributed by atoms with Crippen molar-refractivity contribution >= 4 is 39.1 Å². The minimum Gasteiger partial charge on any atom is -0.493 e. The Morgan fingerprint density at radius 1 is 1.26 bits per heavy atom. The van der Waals surface area contributed by atoms with Crippen molar-refractivity contribution in [2.75, 3.05) is 12.4 Å². The predicted molar refractivity (Wildman–Crippen MR) is 111 cm³/mol. The maximum atomic E-state index is 12.7. The van der Waals surface area contributed by atoms with E-state index in [0.29, 0.717) is 20.9 Å². The van der Waals surface area contributed by atoms with E-state index < -0.39 is 0 Å². The Hall–Kier alpha value is -2.31. The molecule has 0 saturated carbocycles. The van der Waals surface area contributed by atoms with Crippen LogP contribution >= 0.6 is 27.5 Å². The van der Waals surface area contributed by atoms with Crippen LogP contribution in [-0.4, -0.2) is 22.8 Å². The van der Waals surface area contributed by atoms with E-state index >= 15 is 0 Å². The minimum atomic E-state index is -0.165. The fourth-order valence-electron chi connectivity index (χ4n) is 2.97. The lowest BCUT2D eigenvalue weighted by Gasteiger charge is -2.12. The van der Waals surface area contributed by atoms with Crippen molar-refractivity contribution in [2.24, 2.45) is 0 Å². The van der Waals surface area contributed by atoms with Crippen molar-refractivity contribution in [2.45, 2.75) is 20.3 Å². The lowest BCUT2D eigenvalue weighted by atomic mass is 10.1. The van der Waals surface area contributed by atoms with Crippen LogP contribution in [0.3, 0.4) is 0 Å². The van der Waals surface area contributed by atoms with Gasteiger partial charge in [0.2, 0.25) is 5.91 Å². The van der Waals surface area contributed by atoms with Gasteiger partial charge in [-0.2, -0.15) is 5.10 Å². The molecule has 0 aliphatic carbocycles. The molecule has 2 aromatic carbocycles. The van der Waals surface area contributed by atoms with Crippen LogP contribution in [0.1, 0.15) is 17.0 Å². The molecule has 140 valence electrons. The molecular formula is C20H19BrClN3O2. The molecule has 0 radical (unpaired) electrons. The summed E-state index contributed by atoms with van der Waals surface area (Å²) in [5.74, 6) is 0.363. The molecule has 7 heteroatoms. The first-order chi connectivity index (χ1) is 12.9. The summed E-state index contributed by atoms with van der Waals surface area (Å²) in [6.45, 7) is 3.87. The third-order valence-corrected chi connectivity index (χ3v) is 5.07. The summed E-state index contributed by atoms with van der Waals surface area (Å²) in [5, 5.41) is 7.97. The Bertz CT molecular complexity index is 987. The molecule has 5 nitrogen and oxygen atoms in total. The SMILES string of the molecule is COc1c(Br)cc(Cl)cc1NC(=O)Cc1c(C)nn(-c2ccccc2)c1C. The van der Waals surface area contributed by atoms with Gasteiger partial charge in [0.25, 0.3) is 0 Å². The van der Waals surface area contributed by atoms with Crippen LogP contribution in [-0.2, 0) is 11.2 Å². The number of ether oxygens (including phenoxy) is 1. The van der Waals surface area contributed by atoms with Crippen molar-refractivity contribution < 1.29 is 9.53 Å². The lowest BCUT2D eigenvalue weighted by molar-refractivity contribution is -0.115. The van der Waals surface area contributed by atoms with E-state index in [2.05, 4.69) is 26.3 Å². The second kappa shape index (κ2) is 8.15. The van der Waals surface area contributed by atoms with Gasteiger partial charge in [0, 0.05) is 16.3 Å². The number of hydrogen-bond acceptors (Lipinski definition) is 3. The van der Waals surface area contributed by atoms with E-state index in [0.717, 1.165) is 22.6 Å². The van der Waals surface area contributed by atoms with E-state index in [1.165, 1.54) is 0 Å². The highest BCUT2D eigenvalue weighted by Gasteiger charge is 2.18. The van der Waals surface area contributed by atoms with Crippen LogP contribution in [0, 0.1) is 13.8 Å². The number of halogens is 2. The molecule has 1 heterocycles. The van der Waals surface area contributed by atoms with Crippen molar-refractivity contribution in [1.29, 1.82) is 0 Å². The van der Waals surface area contributed by atoms with Crippen molar-refractivity contribution in [3.05, 3.63) is 68.9 Å². The molecule has 27 heavy (non-hydrogen) atoms. The number of anilines is 1. The molecule has 1 aromatic heterocycles. The van der Waals surface area contributed by atoms with Crippen LogP contribution in [0.4, 0.5) is 5.69 Å². The molecule has 3 rings (SSSR count). The maximum Gasteiger partial charge on any atom is 0.229 e. The molecule has 1 N–H and O–H groups in total. The number of para-hydroxylation sites is 1. The monoisotopic (exact) mass is 447 g/mol. The number of aryl methyl sites for hydroxylation is 1. The van der Waals surface area contributed by atoms with Gasteiger partial charge in [0.1, 0.15) is 0 Å². The molecule has 0 aliphatic heterocycles. The predicted octanol–water partition coefficient (Wildman–Crippen LogP) is 5.09. The second-order valence-electron chi connectivity index (χ2n) is 6.09. The number of carbonyl (C=O) groups excluding carboxylic acids is 1. The van der Waals surface area contributed by atoms with Crippen LogP contribution < -0.4 is 10.1 Å². The summed E-state index contributed by atoms with van der Waals surface area (Å²) in [6, 6.07) is 13.2. The zero-order valence-corrected chi connectivity index (χ0v) is 17.6. The van der Waals surface area contributed by atoms with E-state index in [4.69, 9.17) is 16.3 Å². The van der Waals surface area contributed by atoms with Gasteiger partial charge in [-0.05, 0) is 54.0 Å². The van der Waals surface area contributed by atoms with Gasteiger partial charge >= 0.3 is 0 Å². The van der Waals surface area contributed by atoms with Gasteiger partial charge < -0.3 is 10.1 Å². The van der Waals surface area contributed by atoms with Crippen LogP contribution in [0.25, 0.3) is 5.69 Å². The largest absolute Gasteiger partial charge is 0.493 e. The molecule has 0 unspecified atom stereocenters. The summed E-state index contributed by atoms with van der Waals surface area (Å²) >= 11 is 9.49. The smallest absolute Gasteiger partial charge is 0.229 e. The van der Waals surface area contributed by atoms with Crippen LogP contribution in [0.2, 0.25) is 5.02 Å². The fourth-order valence-corrected chi connectivity index (χ4v) is 3.94. The summed E-state index contributed by atoms with van der Waals surface area (Å²) in [4.78, 5) is 12.7. The number of aromatic nitrogens is 2. The summed E-state index contributed by atoms with van der Waals surface area (Å²) in [5.41, 5.74) is 4.15. The van der Waals surface area contributed by atoms with Gasteiger partial charge in [-0.3, -0.25) is 4.79 Å². The van der Waals surface area contributed by atoms with Gasteiger partial charge in [-0.25, -0.2) is 4.68 Å². The number of amides is 1. The fraction of sp³-hybridized carbons (Fsp3) is 0.200. The number of carbonyl (C=O) groups is 1. The maximum absolute atomic E-state index is 12.7. The highest BCUT2D eigenvalue weighted by Crippen LogP contribution is 2.36. The Labute approximate surface area is 171 Å². The topological polar surface area (TPSA) is 56.1 Å². The summed E-state index contributed by atoms with van der Waals surface area (Å²) < 4.78 is 7.89. The first-order valence-corrected chi connectivity index (χ1v) is 9.51. The van der Waals surface area contributed by atoms with Gasteiger partial charge in [0.05, 0.1) is 35.1 Å². The zero-order valence-electron chi connectivity index (χ0n) is 15.2. The molecule has 0 spiro atoms. The summed E-state index contributed by atoms with van der Waals surface area (Å²) in [6.07, 6.45) is 0.206. The third-order valence-electron chi connectivity index (χ3n) is 4.27. The second-order valence-corrected chi connectivity index (χ2v) is 7.38. The number of rotatable bonds is 5. The number of methoxy groups -OCH3 is 1. The minimum absolute atomic E-state index is 0.165. The molecule has 3 aromatic rings. The molecule has 0 bridgehead atoms. The van der Waals surface area contributed by atoms with E-state index in [-0.39, 0.29) is 12.3 Å². The number of hydrogen-bond donors (Lipinski definition) is 1. The van der Waals surface area contributed by atoms with E-state index in [9.17, 15) is 4.79 Å². The molecule has 0 saturated heterocycles. The van der Waals surface area contributed by atoms with Gasteiger partial charge in [-0.15, -0.1) is 0 Å². The van der Waals surface area contributed by atoms with Crippen LogP contribution in [0.15, 0.2) is 46.9 Å². The molecule has 0 aliphatic rings. The quantitative estimate of drug-likeness (QED) is 0.591. The number of benzene rings is 2.